The van der Waals surface area contributed by atoms with Gasteiger partial charge in [-0.1, -0.05) is 61.9 Å². The number of aryl methyl sites for hydroxylation is 1. The lowest BCUT2D eigenvalue weighted by molar-refractivity contribution is -0.385. The largest absolute Gasteiger partial charge is 0.457 e. The molecule has 0 saturated heterocycles. The lowest BCUT2D eigenvalue weighted by atomic mass is 9.62. The van der Waals surface area contributed by atoms with Crippen molar-refractivity contribution in [1.29, 1.82) is 0 Å². The van der Waals surface area contributed by atoms with E-state index in [1.54, 1.807) is 24.3 Å². The molecule has 6 rings (SSSR count). The van der Waals surface area contributed by atoms with Crippen LogP contribution in [0.3, 0.4) is 0 Å². The molecule has 0 unspecified atom stereocenters. The Hall–Kier alpha value is -5.50. The van der Waals surface area contributed by atoms with E-state index in [0.717, 1.165) is 38.5 Å². The first-order valence-electron chi connectivity index (χ1n) is 16.0. The van der Waals surface area contributed by atoms with Gasteiger partial charge in [-0.25, -0.2) is 0 Å². The highest BCUT2D eigenvalue weighted by atomic mass is 16.6. The zero-order valence-corrected chi connectivity index (χ0v) is 26.2. The monoisotopic (exact) mass is 628 g/mol. The van der Waals surface area contributed by atoms with Crippen molar-refractivity contribution in [3.63, 3.8) is 0 Å². The number of nitro groups is 2. The summed E-state index contributed by atoms with van der Waals surface area (Å²) in [5.74, 6) is 2.88. The minimum absolute atomic E-state index is 0.0197. The summed E-state index contributed by atoms with van der Waals surface area (Å²) in [6.45, 7) is 2.21. The SMILES string of the molecule is CCCc1ccc(C2CCC(c3ccc(Oc4ccc([N+](=O)[O-])cc4)cc3)(c3ccc(Oc4ccc([N+](=O)[O-])cc4)cc3)CC2)cc1. The van der Waals surface area contributed by atoms with Crippen LogP contribution in [0.4, 0.5) is 11.4 Å². The predicted octanol–water partition coefficient (Wildman–Crippen LogP) is 10.7. The zero-order valence-electron chi connectivity index (χ0n) is 26.2. The second-order valence-corrected chi connectivity index (χ2v) is 12.1. The minimum atomic E-state index is -0.428. The molecule has 5 aromatic carbocycles. The third-order valence-electron chi connectivity index (χ3n) is 9.21. The van der Waals surface area contributed by atoms with Gasteiger partial charge in [-0.05, 0) is 109 Å². The van der Waals surface area contributed by atoms with E-state index >= 15 is 0 Å². The molecule has 1 aliphatic carbocycles. The molecule has 47 heavy (non-hydrogen) atoms. The Balaban J connectivity index is 1.24. The number of benzene rings is 5. The number of nitro benzene ring substituents is 2. The van der Waals surface area contributed by atoms with Crippen molar-refractivity contribution < 1.29 is 19.3 Å². The van der Waals surface area contributed by atoms with Crippen molar-refractivity contribution in [2.75, 3.05) is 0 Å². The van der Waals surface area contributed by atoms with Gasteiger partial charge in [-0.2, -0.15) is 0 Å². The molecule has 0 spiro atoms. The Bertz CT molecular complexity index is 1710. The van der Waals surface area contributed by atoms with Crippen molar-refractivity contribution in [2.24, 2.45) is 0 Å². The standard InChI is InChI=1S/C39H36N2O6/c1-2-3-28-4-6-29(7-5-28)30-24-26-39(27-25-30,31-8-16-35(17-9-31)46-37-20-12-33(13-21-37)40(42)43)32-10-18-36(19-11-32)47-38-22-14-34(15-23-38)41(44)45/h4-23,30H,2-3,24-27H2,1H3. The fraction of sp³-hybridized carbons (Fsp3) is 0.231. The Morgan fingerprint density at radius 2 is 0.979 bits per heavy atom. The van der Waals surface area contributed by atoms with E-state index in [1.807, 2.05) is 24.3 Å². The first-order valence-corrected chi connectivity index (χ1v) is 16.0. The summed E-state index contributed by atoms with van der Waals surface area (Å²) < 4.78 is 12.0. The quantitative estimate of drug-likeness (QED) is 0.106. The minimum Gasteiger partial charge on any atom is -0.457 e. The smallest absolute Gasteiger partial charge is 0.269 e. The highest BCUT2D eigenvalue weighted by molar-refractivity contribution is 5.47. The summed E-state index contributed by atoms with van der Waals surface area (Å²) in [5.41, 5.74) is 5.02. The molecule has 8 nitrogen and oxygen atoms in total. The Labute approximate surface area is 273 Å². The number of ether oxygens (including phenoxy) is 2. The van der Waals surface area contributed by atoms with E-state index < -0.39 is 9.85 Å². The molecular formula is C39H36N2O6. The summed E-state index contributed by atoms with van der Waals surface area (Å²) in [6.07, 6.45) is 6.28. The molecule has 0 N–H and O–H groups in total. The highest BCUT2D eigenvalue weighted by Gasteiger charge is 2.39. The van der Waals surface area contributed by atoms with Gasteiger partial charge in [0.25, 0.3) is 11.4 Å². The van der Waals surface area contributed by atoms with Crippen molar-refractivity contribution in [2.45, 2.75) is 56.8 Å². The molecule has 0 aliphatic heterocycles. The topological polar surface area (TPSA) is 105 Å². The van der Waals surface area contributed by atoms with Crippen LogP contribution in [0.2, 0.25) is 0 Å². The van der Waals surface area contributed by atoms with Crippen LogP contribution in [0.1, 0.15) is 67.2 Å². The molecule has 0 atom stereocenters. The van der Waals surface area contributed by atoms with Crippen LogP contribution in [0, 0.1) is 20.2 Å². The van der Waals surface area contributed by atoms with Gasteiger partial charge in [0.15, 0.2) is 0 Å². The highest BCUT2D eigenvalue weighted by Crippen LogP contribution is 2.49. The fourth-order valence-corrected chi connectivity index (χ4v) is 6.66. The maximum absolute atomic E-state index is 11.0. The van der Waals surface area contributed by atoms with Gasteiger partial charge in [0, 0.05) is 29.7 Å². The number of hydrogen-bond donors (Lipinski definition) is 0. The average molecular weight is 629 g/mol. The average Bonchev–Trinajstić information content (AvgIpc) is 3.10. The molecule has 238 valence electrons. The molecule has 1 aliphatic rings. The van der Waals surface area contributed by atoms with Crippen LogP contribution in [0.15, 0.2) is 121 Å². The van der Waals surface area contributed by atoms with Gasteiger partial charge < -0.3 is 9.47 Å². The molecule has 0 amide bonds. The number of non-ortho nitro benzene ring substituents is 2. The van der Waals surface area contributed by atoms with E-state index in [2.05, 4.69) is 55.5 Å². The second-order valence-electron chi connectivity index (χ2n) is 12.1. The number of rotatable bonds is 11. The van der Waals surface area contributed by atoms with Crippen molar-refractivity contribution in [1.82, 2.24) is 0 Å². The lowest BCUT2D eigenvalue weighted by Crippen LogP contribution is -2.32. The van der Waals surface area contributed by atoms with E-state index in [0.29, 0.717) is 28.9 Å². The van der Waals surface area contributed by atoms with Crippen LogP contribution >= 0.6 is 0 Å². The molecule has 1 saturated carbocycles. The molecular weight excluding hydrogens is 592 g/mol. The summed E-state index contributed by atoms with van der Waals surface area (Å²) in [7, 11) is 0. The van der Waals surface area contributed by atoms with Crippen molar-refractivity contribution in [3.05, 3.63) is 164 Å². The van der Waals surface area contributed by atoms with Gasteiger partial charge in [-0.15, -0.1) is 0 Å². The molecule has 1 fully saturated rings. The zero-order chi connectivity index (χ0) is 32.8. The lowest BCUT2D eigenvalue weighted by Gasteiger charge is -2.41. The summed E-state index contributed by atoms with van der Waals surface area (Å²) in [6, 6.07) is 37.6. The first kappa shape index (κ1) is 31.5. The molecule has 0 aromatic heterocycles. The number of hydrogen-bond acceptors (Lipinski definition) is 6. The van der Waals surface area contributed by atoms with Crippen LogP contribution in [0.25, 0.3) is 0 Å². The van der Waals surface area contributed by atoms with Crippen molar-refractivity contribution in [3.8, 4) is 23.0 Å². The molecule has 0 radical (unpaired) electrons. The fourth-order valence-electron chi connectivity index (χ4n) is 6.66. The third-order valence-corrected chi connectivity index (χ3v) is 9.21. The molecule has 0 bridgehead atoms. The summed E-state index contributed by atoms with van der Waals surface area (Å²) >= 11 is 0. The van der Waals surface area contributed by atoms with E-state index in [4.69, 9.17) is 9.47 Å². The predicted molar refractivity (Wildman–Crippen MR) is 182 cm³/mol. The van der Waals surface area contributed by atoms with Crippen LogP contribution in [-0.4, -0.2) is 9.85 Å². The molecule has 5 aromatic rings. The first-order chi connectivity index (χ1) is 22.8. The van der Waals surface area contributed by atoms with Crippen molar-refractivity contribution >= 4 is 11.4 Å². The summed E-state index contributed by atoms with van der Waals surface area (Å²) in [4.78, 5) is 21.2. The maximum atomic E-state index is 11.0. The van der Waals surface area contributed by atoms with Crippen LogP contribution in [-0.2, 0) is 11.8 Å². The van der Waals surface area contributed by atoms with Gasteiger partial charge in [0.05, 0.1) is 9.85 Å². The molecule has 8 heteroatoms. The maximum Gasteiger partial charge on any atom is 0.269 e. The van der Waals surface area contributed by atoms with Gasteiger partial charge in [-0.3, -0.25) is 20.2 Å². The van der Waals surface area contributed by atoms with Crippen LogP contribution < -0.4 is 9.47 Å². The van der Waals surface area contributed by atoms with Gasteiger partial charge in [0.1, 0.15) is 23.0 Å². The van der Waals surface area contributed by atoms with E-state index in [-0.39, 0.29) is 16.8 Å². The second kappa shape index (κ2) is 13.9. The Kier molecular flexibility index (Phi) is 9.29. The van der Waals surface area contributed by atoms with Crippen LogP contribution in [0.5, 0.6) is 23.0 Å². The number of nitrogens with zero attached hydrogens (tertiary/aromatic N) is 2. The summed E-state index contributed by atoms with van der Waals surface area (Å²) in [5, 5.41) is 22.0. The van der Waals surface area contributed by atoms with Gasteiger partial charge in [0.2, 0.25) is 0 Å². The molecule has 0 heterocycles. The Morgan fingerprint density at radius 1 is 0.596 bits per heavy atom. The van der Waals surface area contributed by atoms with Gasteiger partial charge >= 0.3 is 0 Å². The normalized spacial score (nSPS) is 14.3. The van der Waals surface area contributed by atoms with E-state index in [1.165, 1.54) is 46.5 Å². The third kappa shape index (κ3) is 7.17. The van der Waals surface area contributed by atoms with E-state index in [9.17, 15) is 20.2 Å². The Morgan fingerprint density at radius 3 is 1.34 bits per heavy atom.